The van der Waals surface area contributed by atoms with Crippen LogP contribution in [0.2, 0.25) is 0 Å². The van der Waals surface area contributed by atoms with Crippen molar-refractivity contribution in [3.8, 4) is 0 Å². The highest BCUT2D eigenvalue weighted by Gasteiger charge is 2.29. The summed E-state index contributed by atoms with van der Waals surface area (Å²) >= 11 is 0. The molecule has 0 aromatic heterocycles. The summed E-state index contributed by atoms with van der Waals surface area (Å²) in [5.74, 6) is -0.0762. The first kappa shape index (κ1) is 13.1. The minimum absolute atomic E-state index is 0.0314. The van der Waals surface area contributed by atoms with E-state index in [0.29, 0.717) is 5.56 Å². The Balaban J connectivity index is 1.96. The molecular weight excluding hydrogens is 270 g/mol. The second kappa shape index (κ2) is 4.90. The largest absolute Gasteiger partial charge is 0.361 e. The van der Waals surface area contributed by atoms with E-state index in [1.807, 2.05) is 18.2 Å². The maximum absolute atomic E-state index is 12.4. The van der Waals surface area contributed by atoms with Crippen LogP contribution in [0.1, 0.15) is 22.1 Å². The first-order chi connectivity index (χ1) is 10.1. The SMILES string of the molecule is CN1C(=O)c2ccccc2NC1c1ccc([N+](=O)[O-])cc1. The van der Waals surface area contributed by atoms with Gasteiger partial charge < -0.3 is 10.2 Å². The molecule has 0 spiro atoms. The van der Waals surface area contributed by atoms with E-state index < -0.39 is 4.92 Å². The topological polar surface area (TPSA) is 75.5 Å². The fourth-order valence-corrected chi connectivity index (χ4v) is 2.43. The van der Waals surface area contributed by atoms with Crippen LogP contribution in [0.4, 0.5) is 11.4 Å². The Kier molecular flexibility index (Phi) is 3.06. The van der Waals surface area contributed by atoms with Gasteiger partial charge in [0.05, 0.1) is 10.5 Å². The highest BCUT2D eigenvalue weighted by molar-refractivity contribution is 6.01. The van der Waals surface area contributed by atoms with Gasteiger partial charge in [-0.3, -0.25) is 14.9 Å². The number of nitro benzene ring substituents is 1. The summed E-state index contributed by atoms with van der Waals surface area (Å²) in [5.41, 5.74) is 2.22. The summed E-state index contributed by atoms with van der Waals surface area (Å²) in [6, 6.07) is 13.5. The average Bonchev–Trinajstić information content (AvgIpc) is 2.51. The highest BCUT2D eigenvalue weighted by atomic mass is 16.6. The van der Waals surface area contributed by atoms with Crippen molar-refractivity contribution >= 4 is 17.3 Å². The third kappa shape index (κ3) is 2.20. The van der Waals surface area contributed by atoms with E-state index in [4.69, 9.17) is 0 Å². The predicted molar refractivity (Wildman–Crippen MR) is 78.0 cm³/mol. The van der Waals surface area contributed by atoms with Crippen LogP contribution in [-0.2, 0) is 0 Å². The standard InChI is InChI=1S/C15H13N3O3/c1-17-14(10-6-8-11(9-7-10)18(20)21)16-13-5-3-2-4-12(13)15(17)19/h2-9,14,16H,1H3. The van der Waals surface area contributed by atoms with Crippen LogP contribution in [0.5, 0.6) is 0 Å². The Labute approximate surface area is 121 Å². The molecule has 1 heterocycles. The van der Waals surface area contributed by atoms with Gasteiger partial charge in [-0.1, -0.05) is 12.1 Å². The van der Waals surface area contributed by atoms with Gasteiger partial charge in [0.15, 0.2) is 0 Å². The number of rotatable bonds is 2. The molecule has 21 heavy (non-hydrogen) atoms. The van der Waals surface area contributed by atoms with Crippen molar-refractivity contribution in [2.45, 2.75) is 6.17 Å². The van der Waals surface area contributed by atoms with Crippen LogP contribution >= 0.6 is 0 Å². The minimum Gasteiger partial charge on any atom is -0.361 e. The van der Waals surface area contributed by atoms with Crippen LogP contribution in [0, 0.1) is 10.1 Å². The monoisotopic (exact) mass is 283 g/mol. The number of benzene rings is 2. The first-order valence-corrected chi connectivity index (χ1v) is 6.45. The molecule has 2 aromatic rings. The third-order valence-corrected chi connectivity index (χ3v) is 3.58. The number of carbonyl (C=O) groups is 1. The fraction of sp³-hybridized carbons (Fsp3) is 0.133. The van der Waals surface area contributed by atoms with Crippen molar-refractivity contribution in [1.82, 2.24) is 4.90 Å². The van der Waals surface area contributed by atoms with E-state index >= 15 is 0 Å². The molecular formula is C15H13N3O3. The predicted octanol–water partition coefficient (Wildman–Crippen LogP) is 2.79. The number of para-hydroxylation sites is 1. The zero-order valence-electron chi connectivity index (χ0n) is 11.3. The summed E-state index contributed by atoms with van der Waals surface area (Å²) in [5, 5.41) is 14.0. The first-order valence-electron chi connectivity index (χ1n) is 6.45. The van der Waals surface area contributed by atoms with Gasteiger partial charge in [0.2, 0.25) is 0 Å². The molecule has 0 fully saturated rings. The smallest absolute Gasteiger partial charge is 0.269 e. The summed E-state index contributed by atoms with van der Waals surface area (Å²) in [6.07, 6.45) is -0.340. The molecule has 1 aliphatic rings. The fourth-order valence-electron chi connectivity index (χ4n) is 2.43. The van der Waals surface area contributed by atoms with Gasteiger partial charge in [-0.25, -0.2) is 0 Å². The number of hydrogen-bond acceptors (Lipinski definition) is 4. The maximum atomic E-state index is 12.4. The van der Waals surface area contributed by atoms with Crippen LogP contribution in [0.15, 0.2) is 48.5 Å². The number of amides is 1. The number of hydrogen-bond donors (Lipinski definition) is 1. The zero-order valence-corrected chi connectivity index (χ0v) is 11.3. The van der Waals surface area contributed by atoms with E-state index in [1.54, 1.807) is 30.1 Å². The highest BCUT2D eigenvalue weighted by Crippen LogP contribution is 2.32. The van der Waals surface area contributed by atoms with Gasteiger partial charge in [0.25, 0.3) is 11.6 Å². The molecule has 0 aliphatic carbocycles. The number of carbonyl (C=O) groups excluding carboxylic acids is 1. The second-order valence-electron chi connectivity index (χ2n) is 4.86. The quantitative estimate of drug-likeness (QED) is 0.679. The molecule has 1 N–H and O–H groups in total. The van der Waals surface area contributed by atoms with Crippen LogP contribution in [-0.4, -0.2) is 22.8 Å². The number of nitro groups is 1. The molecule has 6 heteroatoms. The van der Waals surface area contributed by atoms with Gasteiger partial charge in [0, 0.05) is 24.9 Å². The summed E-state index contributed by atoms with van der Waals surface area (Å²) in [6.45, 7) is 0. The molecule has 6 nitrogen and oxygen atoms in total. The van der Waals surface area contributed by atoms with Crippen molar-refractivity contribution in [3.05, 3.63) is 69.8 Å². The zero-order chi connectivity index (χ0) is 15.0. The van der Waals surface area contributed by atoms with Gasteiger partial charge >= 0.3 is 0 Å². The summed E-state index contributed by atoms with van der Waals surface area (Å²) in [4.78, 5) is 24.2. The van der Waals surface area contributed by atoms with E-state index in [2.05, 4.69) is 5.32 Å². The van der Waals surface area contributed by atoms with Crippen molar-refractivity contribution in [1.29, 1.82) is 0 Å². The molecule has 0 bridgehead atoms. The molecule has 0 radical (unpaired) electrons. The Morgan fingerprint density at radius 3 is 2.48 bits per heavy atom. The van der Waals surface area contributed by atoms with Crippen molar-refractivity contribution in [3.63, 3.8) is 0 Å². The lowest BCUT2D eigenvalue weighted by atomic mass is 10.0. The van der Waals surface area contributed by atoms with E-state index in [0.717, 1.165) is 11.3 Å². The van der Waals surface area contributed by atoms with Crippen LogP contribution in [0.25, 0.3) is 0 Å². The van der Waals surface area contributed by atoms with Crippen LogP contribution in [0.3, 0.4) is 0 Å². The molecule has 106 valence electrons. The average molecular weight is 283 g/mol. The second-order valence-corrected chi connectivity index (χ2v) is 4.86. The van der Waals surface area contributed by atoms with Gasteiger partial charge in [-0.2, -0.15) is 0 Å². The van der Waals surface area contributed by atoms with E-state index in [9.17, 15) is 14.9 Å². The minimum atomic E-state index is -0.442. The van der Waals surface area contributed by atoms with E-state index in [1.165, 1.54) is 12.1 Å². The lowest BCUT2D eigenvalue weighted by Gasteiger charge is -2.35. The molecule has 3 rings (SSSR count). The van der Waals surface area contributed by atoms with Crippen LogP contribution < -0.4 is 5.32 Å². The van der Waals surface area contributed by atoms with Crippen molar-refractivity contribution in [2.75, 3.05) is 12.4 Å². The lowest BCUT2D eigenvalue weighted by molar-refractivity contribution is -0.384. The van der Waals surface area contributed by atoms with Gasteiger partial charge in [-0.15, -0.1) is 0 Å². The number of fused-ring (bicyclic) bond motifs is 1. The van der Waals surface area contributed by atoms with E-state index in [-0.39, 0.29) is 17.8 Å². The molecule has 1 amide bonds. The van der Waals surface area contributed by atoms with Crippen molar-refractivity contribution in [2.24, 2.45) is 0 Å². The molecule has 1 atom stereocenters. The Bertz CT molecular complexity index is 712. The summed E-state index contributed by atoms with van der Waals surface area (Å²) in [7, 11) is 1.71. The molecule has 2 aromatic carbocycles. The molecule has 0 saturated heterocycles. The summed E-state index contributed by atoms with van der Waals surface area (Å²) < 4.78 is 0. The Hall–Kier alpha value is -2.89. The maximum Gasteiger partial charge on any atom is 0.269 e. The third-order valence-electron chi connectivity index (χ3n) is 3.58. The number of nitrogens with one attached hydrogen (secondary N) is 1. The number of non-ortho nitro benzene ring substituents is 1. The van der Waals surface area contributed by atoms with Gasteiger partial charge in [0.1, 0.15) is 6.17 Å². The number of anilines is 1. The van der Waals surface area contributed by atoms with Crippen molar-refractivity contribution < 1.29 is 9.72 Å². The van der Waals surface area contributed by atoms with Gasteiger partial charge in [-0.05, 0) is 29.8 Å². The number of nitrogens with zero attached hydrogens (tertiary/aromatic N) is 2. The normalized spacial score (nSPS) is 17.1. The Morgan fingerprint density at radius 1 is 1.14 bits per heavy atom. The Morgan fingerprint density at radius 2 is 1.81 bits per heavy atom. The molecule has 0 saturated carbocycles. The molecule has 1 unspecified atom stereocenters. The lowest BCUT2D eigenvalue weighted by Crippen LogP contribution is -2.40. The molecule has 1 aliphatic heterocycles.